The van der Waals surface area contributed by atoms with Gasteiger partial charge in [0.1, 0.15) is 0 Å². The Hall–Kier alpha value is -3.52. The van der Waals surface area contributed by atoms with Crippen LogP contribution in [0.1, 0.15) is 102 Å². The quantitative estimate of drug-likeness (QED) is 0.127. The molecule has 3 aliphatic rings. The van der Waals surface area contributed by atoms with Gasteiger partial charge in [0.15, 0.2) is 0 Å². The fourth-order valence-electron chi connectivity index (χ4n) is 11.2. The van der Waals surface area contributed by atoms with Crippen LogP contribution >= 0.6 is 17.0 Å². The van der Waals surface area contributed by atoms with Crippen molar-refractivity contribution in [3.63, 3.8) is 0 Å². The van der Waals surface area contributed by atoms with E-state index in [1.54, 1.807) is 0 Å². The van der Waals surface area contributed by atoms with Crippen LogP contribution in [0.25, 0.3) is 45.5 Å². The Balaban J connectivity index is 1.37. The standard InChI is InChI=1S/2C21H23.C12H9Si.2ClH.Zr/c2*1-5-7-17-12-18-8-6-9-20(21(18)13-17)19-11-10-14(2)15(3)16(19)4;1-3-7-11-9(5-1)10-6-2-4-8-12(10)13-11;;;/h2*6,8-13H,5,7H2,1-4H3;1-7H,13H2;2*1H;/q;;;;;+2/p-2. The SMILES string of the molecule is CCCC1=Cc2c(-c3ccc(C)c(C)c3C)cccc2[CH]1[Zr]([Cl])([Cl])([c]1cccc2c1[SiH2]c1ccccc1-2)[CH]1C(CCC)=Cc2c(-c3ccc(C)c(C)c3C)cccc21. The number of aryl methyl sites for hydroxylation is 2. The molecule has 6 aromatic rings. The van der Waals surface area contributed by atoms with Gasteiger partial charge < -0.3 is 0 Å². The number of fused-ring (bicyclic) bond motifs is 5. The van der Waals surface area contributed by atoms with Gasteiger partial charge in [-0.2, -0.15) is 0 Å². The molecule has 4 heteroatoms. The Morgan fingerprint density at radius 1 is 0.483 bits per heavy atom. The van der Waals surface area contributed by atoms with Crippen LogP contribution in [-0.4, -0.2) is 9.52 Å². The second-order valence-electron chi connectivity index (χ2n) is 17.6. The molecule has 0 bridgehead atoms. The van der Waals surface area contributed by atoms with E-state index in [2.05, 4.69) is 171 Å². The summed E-state index contributed by atoms with van der Waals surface area (Å²) >= 11 is -5.60. The Morgan fingerprint density at radius 2 is 0.948 bits per heavy atom. The Bertz CT molecular complexity index is 2610. The van der Waals surface area contributed by atoms with Crippen LogP contribution in [-0.2, 0) is 16.4 Å². The van der Waals surface area contributed by atoms with Crippen molar-refractivity contribution >= 4 is 52.3 Å². The van der Waals surface area contributed by atoms with E-state index in [0.717, 1.165) is 25.7 Å². The molecule has 2 aliphatic carbocycles. The molecule has 9 rings (SSSR count). The van der Waals surface area contributed by atoms with E-state index in [4.69, 9.17) is 0 Å². The van der Waals surface area contributed by atoms with Crippen molar-refractivity contribution in [3.05, 3.63) is 170 Å². The summed E-state index contributed by atoms with van der Waals surface area (Å²) in [4.78, 5) is 0. The summed E-state index contributed by atoms with van der Waals surface area (Å²) in [5.74, 6) is 0. The van der Waals surface area contributed by atoms with E-state index in [0.29, 0.717) is 0 Å². The average molecular weight is 894 g/mol. The van der Waals surface area contributed by atoms with E-state index in [9.17, 15) is 17.0 Å². The first-order chi connectivity index (χ1) is 27.9. The second-order valence-corrected chi connectivity index (χ2v) is 40.0. The van der Waals surface area contributed by atoms with Crippen LogP contribution in [0.3, 0.4) is 0 Å². The molecule has 293 valence electrons. The third kappa shape index (κ3) is 5.90. The molecule has 0 aromatic heterocycles. The molecular formula is C54H55Cl2SiZr. The van der Waals surface area contributed by atoms with E-state index >= 15 is 0 Å². The van der Waals surface area contributed by atoms with Gasteiger partial charge in [0.25, 0.3) is 0 Å². The zero-order chi connectivity index (χ0) is 40.7. The van der Waals surface area contributed by atoms with Gasteiger partial charge in [0.05, 0.1) is 0 Å². The summed E-state index contributed by atoms with van der Waals surface area (Å²) in [6.07, 6.45) is 9.08. The minimum absolute atomic E-state index is 0.0704. The van der Waals surface area contributed by atoms with Gasteiger partial charge in [-0.25, -0.2) is 0 Å². The third-order valence-corrected chi connectivity index (χ3v) is 37.3. The van der Waals surface area contributed by atoms with Crippen molar-refractivity contribution in [1.29, 1.82) is 0 Å². The van der Waals surface area contributed by atoms with Gasteiger partial charge in [-0.1, -0.05) is 0 Å². The van der Waals surface area contributed by atoms with E-state index < -0.39 is 25.9 Å². The summed E-state index contributed by atoms with van der Waals surface area (Å²) in [5.41, 5.74) is 24.1. The molecule has 1 aliphatic heterocycles. The van der Waals surface area contributed by atoms with Gasteiger partial charge >= 0.3 is 360 Å². The molecule has 2 unspecified atom stereocenters. The molecule has 0 nitrogen and oxygen atoms in total. The van der Waals surface area contributed by atoms with Crippen molar-refractivity contribution in [1.82, 2.24) is 0 Å². The first-order valence-corrected chi connectivity index (χ1v) is 33.3. The van der Waals surface area contributed by atoms with Crippen molar-refractivity contribution in [3.8, 4) is 33.4 Å². The molecule has 0 saturated heterocycles. The number of hydrogen-bond donors (Lipinski definition) is 0. The molecule has 0 amide bonds. The summed E-state index contributed by atoms with van der Waals surface area (Å²) in [6, 6.07) is 39.4. The number of halogens is 2. The minimum atomic E-state index is -5.60. The Kier molecular flexibility index (Phi) is 10.2. The van der Waals surface area contributed by atoms with Crippen LogP contribution < -0.4 is 13.6 Å². The zero-order valence-electron chi connectivity index (χ0n) is 35.4. The molecule has 0 saturated carbocycles. The van der Waals surface area contributed by atoms with Crippen LogP contribution in [0.15, 0.2) is 114 Å². The molecule has 0 radical (unpaired) electrons. The molecule has 1 heterocycles. The summed E-state index contributed by atoms with van der Waals surface area (Å²) in [6.45, 7) is 18.2. The fraction of sp³-hybridized carbons (Fsp3) is 0.259. The van der Waals surface area contributed by atoms with Crippen LogP contribution in [0.5, 0.6) is 0 Å². The van der Waals surface area contributed by atoms with Gasteiger partial charge in [-0.15, -0.1) is 0 Å². The molecule has 6 aromatic carbocycles. The van der Waals surface area contributed by atoms with Crippen LogP contribution in [0.4, 0.5) is 0 Å². The van der Waals surface area contributed by atoms with E-state index in [1.165, 1.54) is 114 Å². The summed E-state index contributed by atoms with van der Waals surface area (Å²) in [5, 5.41) is 2.98. The second kappa shape index (κ2) is 14.9. The van der Waals surface area contributed by atoms with E-state index in [1.807, 2.05) is 0 Å². The molecule has 0 spiro atoms. The van der Waals surface area contributed by atoms with Crippen molar-refractivity contribution in [2.75, 3.05) is 0 Å². The van der Waals surface area contributed by atoms with Crippen LogP contribution in [0.2, 0.25) is 0 Å². The molecule has 2 atom stereocenters. The first kappa shape index (κ1) is 39.9. The Labute approximate surface area is 357 Å². The van der Waals surface area contributed by atoms with Gasteiger partial charge in [-0.3, -0.25) is 0 Å². The normalized spacial score (nSPS) is 17.7. The summed E-state index contributed by atoms with van der Waals surface area (Å²) < 4.78 is 1.17. The number of rotatable bonds is 9. The van der Waals surface area contributed by atoms with Crippen molar-refractivity contribution in [2.45, 2.75) is 88.3 Å². The first-order valence-electron chi connectivity index (χ1n) is 21.5. The Morgan fingerprint density at radius 3 is 1.47 bits per heavy atom. The zero-order valence-corrected chi connectivity index (χ0v) is 40.8. The molecule has 0 N–H and O–H groups in total. The number of allylic oxidation sites excluding steroid dienone is 2. The summed E-state index contributed by atoms with van der Waals surface area (Å²) in [7, 11) is 17.8. The van der Waals surface area contributed by atoms with Crippen molar-refractivity contribution in [2.24, 2.45) is 0 Å². The van der Waals surface area contributed by atoms with Gasteiger partial charge in [0.2, 0.25) is 0 Å². The topological polar surface area (TPSA) is 0 Å². The molecule has 58 heavy (non-hydrogen) atoms. The average Bonchev–Trinajstić information content (AvgIpc) is 3.92. The number of hydrogen-bond acceptors (Lipinski definition) is 0. The third-order valence-electron chi connectivity index (χ3n) is 14.5. The van der Waals surface area contributed by atoms with Gasteiger partial charge in [0, 0.05) is 0 Å². The fourth-order valence-corrected chi connectivity index (χ4v) is 39.2. The molecular weight excluding hydrogens is 839 g/mol. The maximum atomic E-state index is 9.34. The van der Waals surface area contributed by atoms with Crippen LogP contribution in [0, 0.1) is 41.5 Å². The number of benzene rings is 6. The molecule has 0 fully saturated rings. The predicted molar refractivity (Wildman–Crippen MR) is 254 cm³/mol. The van der Waals surface area contributed by atoms with Crippen molar-refractivity contribution < 1.29 is 16.4 Å². The van der Waals surface area contributed by atoms with Gasteiger partial charge in [-0.05, 0) is 0 Å². The van der Waals surface area contributed by atoms with E-state index in [-0.39, 0.29) is 7.25 Å². The predicted octanol–water partition coefficient (Wildman–Crippen LogP) is 13.5. The maximum absolute atomic E-state index is 9.34. The monoisotopic (exact) mass is 891 g/mol.